The summed E-state index contributed by atoms with van der Waals surface area (Å²) in [5.74, 6) is 0.809. The van der Waals surface area contributed by atoms with Crippen LogP contribution in [-0.4, -0.2) is 61.1 Å². The van der Waals surface area contributed by atoms with Gasteiger partial charge in [-0.3, -0.25) is 9.69 Å². The standard InChI is InChI=1S/C18H32N2O2/c21-18(16-6-2-1-3-7-16)20-10-5-4-8-17(20)9-11-19-12-14-22-15-13-19/h16-17H,1-15H2/t17-/m1/s1. The molecule has 0 aromatic rings. The maximum Gasteiger partial charge on any atom is 0.225 e. The van der Waals surface area contributed by atoms with Crippen molar-refractivity contribution in [2.45, 2.75) is 63.8 Å². The van der Waals surface area contributed by atoms with Gasteiger partial charge < -0.3 is 9.64 Å². The van der Waals surface area contributed by atoms with Gasteiger partial charge in [-0.1, -0.05) is 19.3 Å². The van der Waals surface area contributed by atoms with Crippen molar-refractivity contribution in [2.75, 3.05) is 39.4 Å². The molecule has 1 saturated carbocycles. The lowest BCUT2D eigenvalue weighted by molar-refractivity contribution is -0.140. The van der Waals surface area contributed by atoms with Gasteiger partial charge in [0.25, 0.3) is 0 Å². The number of morpholine rings is 1. The number of rotatable bonds is 4. The number of hydrogen-bond acceptors (Lipinski definition) is 3. The Bertz CT molecular complexity index is 349. The molecular weight excluding hydrogens is 276 g/mol. The van der Waals surface area contributed by atoms with Gasteiger partial charge in [0.1, 0.15) is 0 Å². The summed E-state index contributed by atoms with van der Waals surface area (Å²) in [6.07, 6.45) is 10.9. The van der Waals surface area contributed by atoms with Crippen LogP contribution < -0.4 is 0 Å². The summed E-state index contributed by atoms with van der Waals surface area (Å²) in [6, 6.07) is 0.492. The molecule has 4 nitrogen and oxygen atoms in total. The van der Waals surface area contributed by atoms with Gasteiger partial charge in [-0.2, -0.15) is 0 Å². The number of ether oxygens (including phenoxy) is 1. The summed E-state index contributed by atoms with van der Waals surface area (Å²) in [5, 5.41) is 0. The lowest BCUT2D eigenvalue weighted by atomic mass is 9.87. The molecule has 3 aliphatic rings. The number of hydrogen-bond donors (Lipinski definition) is 0. The Morgan fingerprint density at radius 1 is 0.909 bits per heavy atom. The molecule has 3 rings (SSSR count). The third-order valence-electron chi connectivity index (χ3n) is 5.75. The van der Waals surface area contributed by atoms with Crippen LogP contribution in [0.15, 0.2) is 0 Å². The first-order valence-corrected chi connectivity index (χ1v) is 9.45. The summed E-state index contributed by atoms with van der Waals surface area (Å²) in [4.78, 5) is 17.7. The third kappa shape index (κ3) is 4.23. The Morgan fingerprint density at radius 2 is 1.64 bits per heavy atom. The average Bonchev–Trinajstić information content (AvgIpc) is 2.61. The highest BCUT2D eigenvalue weighted by molar-refractivity contribution is 5.79. The molecule has 0 bridgehead atoms. The molecule has 2 aliphatic heterocycles. The van der Waals surface area contributed by atoms with E-state index < -0.39 is 0 Å². The van der Waals surface area contributed by atoms with E-state index in [0.29, 0.717) is 17.9 Å². The molecule has 1 aliphatic carbocycles. The second kappa shape index (κ2) is 8.30. The Labute approximate surface area is 135 Å². The van der Waals surface area contributed by atoms with Gasteiger partial charge in [0.05, 0.1) is 13.2 Å². The number of amides is 1. The fourth-order valence-electron chi connectivity index (χ4n) is 4.33. The zero-order chi connectivity index (χ0) is 15.2. The summed E-state index contributed by atoms with van der Waals surface area (Å²) in [6.45, 7) is 5.99. The topological polar surface area (TPSA) is 32.8 Å². The van der Waals surface area contributed by atoms with Crippen molar-refractivity contribution in [1.82, 2.24) is 9.80 Å². The zero-order valence-electron chi connectivity index (χ0n) is 14.0. The zero-order valence-corrected chi connectivity index (χ0v) is 14.0. The van der Waals surface area contributed by atoms with Gasteiger partial charge in [-0.15, -0.1) is 0 Å². The first-order chi connectivity index (χ1) is 10.8. The molecule has 4 heteroatoms. The van der Waals surface area contributed by atoms with E-state index in [-0.39, 0.29) is 0 Å². The molecule has 0 spiro atoms. The fourth-order valence-corrected chi connectivity index (χ4v) is 4.33. The minimum atomic E-state index is 0.331. The van der Waals surface area contributed by atoms with Crippen molar-refractivity contribution < 1.29 is 9.53 Å². The monoisotopic (exact) mass is 308 g/mol. The minimum Gasteiger partial charge on any atom is -0.379 e. The van der Waals surface area contributed by atoms with Crippen LogP contribution in [0.4, 0.5) is 0 Å². The van der Waals surface area contributed by atoms with Gasteiger partial charge in [-0.05, 0) is 38.5 Å². The maximum atomic E-state index is 12.9. The van der Waals surface area contributed by atoms with Crippen molar-refractivity contribution in [3.8, 4) is 0 Å². The van der Waals surface area contributed by atoms with E-state index in [9.17, 15) is 4.79 Å². The van der Waals surface area contributed by atoms with Crippen molar-refractivity contribution in [3.05, 3.63) is 0 Å². The molecule has 0 aromatic heterocycles. The van der Waals surface area contributed by atoms with Crippen LogP contribution >= 0.6 is 0 Å². The first-order valence-electron chi connectivity index (χ1n) is 9.45. The Balaban J connectivity index is 1.52. The van der Waals surface area contributed by atoms with E-state index in [1.807, 2.05) is 0 Å². The molecule has 3 fully saturated rings. The van der Waals surface area contributed by atoms with Crippen molar-refractivity contribution in [3.63, 3.8) is 0 Å². The molecular formula is C18H32N2O2. The summed E-state index contributed by atoms with van der Waals surface area (Å²) < 4.78 is 5.42. The van der Waals surface area contributed by atoms with E-state index >= 15 is 0 Å². The average molecular weight is 308 g/mol. The number of piperidine rings is 1. The van der Waals surface area contributed by atoms with Crippen molar-refractivity contribution in [2.24, 2.45) is 5.92 Å². The predicted molar refractivity (Wildman–Crippen MR) is 87.8 cm³/mol. The lowest BCUT2D eigenvalue weighted by Gasteiger charge is -2.40. The largest absolute Gasteiger partial charge is 0.379 e. The van der Waals surface area contributed by atoms with Gasteiger partial charge in [0.2, 0.25) is 5.91 Å². The minimum absolute atomic E-state index is 0.331. The predicted octanol–water partition coefficient (Wildman–Crippen LogP) is 2.67. The second-order valence-electron chi connectivity index (χ2n) is 7.26. The third-order valence-corrected chi connectivity index (χ3v) is 5.75. The first kappa shape index (κ1) is 16.3. The molecule has 0 radical (unpaired) electrons. The van der Waals surface area contributed by atoms with Crippen LogP contribution in [0.5, 0.6) is 0 Å². The Hall–Kier alpha value is -0.610. The van der Waals surface area contributed by atoms with Crippen LogP contribution in [0.25, 0.3) is 0 Å². The molecule has 22 heavy (non-hydrogen) atoms. The van der Waals surface area contributed by atoms with Crippen LogP contribution in [0.2, 0.25) is 0 Å². The van der Waals surface area contributed by atoms with E-state index in [4.69, 9.17) is 4.74 Å². The smallest absolute Gasteiger partial charge is 0.225 e. The SMILES string of the molecule is O=C(C1CCCCC1)N1CCCC[C@@H]1CCN1CCOCC1. The molecule has 0 N–H and O–H groups in total. The highest BCUT2D eigenvalue weighted by atomic mass is 16.5. The molecule has 1 amide bonds. The van der Waals surface area contributed by atoms with Gasteiger partial charge >= 0.3 is 0 Å². The van der Waals surface area contributed by atoms with Crippen molar-refractivity contribution in [1.29, 1.82) is 0 Å². The highest BCUT2D eigenvalue weighted by Gasteiger charge is 2.32. The quantitative estimate of drug-likeness (QED) is 0.800. The maximum absolute atomic E-state index is 12.9. The fraction of sp³-hybridized carbons (Fsp3) is 0.944. The summed E-state index contributed by atoms with van der Waals surface area (Å²) >= 11 is 0. The van der Waals surface area contributed by atoms with Crippen LogP contribution in [-0.2, 0) is 9.53 Å². The summed E-state index contributed by atoms with van der Waals surface area (Å²) in [5.41, 5.74) is 0. The lowest BCUT2D eigenvalue weighted by Crippen LogP contribution is -2.48. The van der Waals surface area contributed by atoms with Gasteiger partial charge in [-0.25, -0.2) is 0 Å². The normalized spacial score (nSPS) is 28.7. The Kier molecular flexibility index (Phi) is 6.13. The van der Waals surface area contributed by atoms with Crippen LogP contribution in [0.3, 0.4) is 0 Å². The Morgan fingerprint density at radius 3 is 2.41 bits per heavy atom. The molecule has 1 atom stereocenters. The number of carbonyl (C=O) groups excluding carboxylic acids is 1. The van der Waals surface area contributed by atoms with E-state index in [1.165, 1.54) is 38.5 Å². The molecule has 0 unspecified atom stereocenters. The van der Waals surface area contributed by atoms with Crippen LogP contribution in [0, 0.1) is 5.92 Å². The van der Waals surface area contributed by atoms with E-state index in [2.05, 4.69) is 9.80 Å². The van der Waals surface area contributed by atoms with Gasteiger partial charge in [0, 0.05) is 38.1 Å². The number of likely N-dealkylation sites (tertiary alicyclic amines) is 1. The molecule has 0 aromatic carbocycles. The molecule has 2 heterocycles. The van der Waals surface area contributed by atoms with E-state index in [0.717, 1.165) is 58.7 Å². The van der Waals surface area contributed by atoms with E-state index in [1.54, 1.807) is 0 Å². The molecule has 126 valence electrons. The molecule has 2 saturated heterocycles. The second-order valence-corrected chi connectivity index (χ2v) is 7.26. The summed E-state index contributed by atoms with van der Waals surface area (Å²) in [7, 11) is 0. The highest BCUT2D eigenvalue weighted by Crippen LogP contribution is 2.29. The number of carbonyl (C=O) groups is 1. The van der Waals surface area contributed by atoms with Crippen molar-refractivity contribution >= 4 is 5.91 Å². The van der Waals surface area contributed by atoms with Crippen LogP contribution in [0.1, 0.15) is 57.8 Å². The van der Waals surface area contributed by atoms with Gasteiger partial charge in [0.15, 0.2) is 0 Å². The number of nitrogens with zero attached hydrogens (tertiary/aromatic N) is 2.